The van der Waals surface area contributed by atoms with Gasteiger partial charge in [0.25, 0.3) is 0 Å². The van der Waals surface area contributed by atoms with Gasteiger partial charge in [0.2, 0.25) is 0 Å². The van der Waals surface area contributed by atoms with Crippen LogP contribution >= 0.6 is 11.6 Å². The number of imidazole rings is 1. The minimum atomic E-state index is 0.597. The van der Waals surface area contributed by atoms with Gasteiger partial charge in [-0.05, 0) is 61.4 Å². The van der Waals surface area contributed by atoms with Gasteiger partial charge in [0, 0.05) is 5.02 Å². The number of ether oxygens (including phenoxy) is 1. The maximum absolute atomic E-state index is 5.85. The molecular formula is C17H17ClN2O. The summed E-state index contributed by atoms with van der Waals surface area (Å²) in [7, 11) is 0. The Morgan fingerprint density at radius 2 is 1.81 bits per heavy atom. The lowest BCUT2D eigenvalue weighted by Gasteiger charge is -2.08. The van der Waals surface area contributed by atoms with Crippen molar-refractivity contribution in [3.8, 4) is 5.75 Å². The van der Waals surface area contributed by atoms with E-state index in [2.05, 4.69) is 35.5 Å². The van der Waals surface area contributed by atoms with Crippen LogP contribution in [0, 0.1) is 13.8 Å². The van der Waals surface area contributed by atoms with Gasteiger partial charge in [0.15, 0.2) is 0 Å². The number of nitrogens with zero attached hydrogens (tertiary/aromatic N) is 2. The summed E-state index contributed by atoms with van der Waals surface area (Å²) in [6.45, 7) is 5.59. The molecule has 3 aromatic rings. The Hall–Kier alpha value is -2.00. The third-order valence-corrected chi connectivity index (χ3v) is 3.90. The Bertz CT molecular complexity index is 762. The number of rotatable bonds is 4. The summed E-state index contributed by atoms with van der Waals surface area (Å²) in [6.07, 6.45) is 1.87. The first kappa shape index (κ1) is 14.0. The molecule has 0 N–H and O–H groups in total. The van der Waals surface area contributed by atoms with Crippen molar-refractivity contribution in [3.05, 3.63) is 58.9 Å². The van der Waals surface area contributed by atoms with Crippen molar-refractivity contribution >= 4 is 22.6 Å². The highest BCUT2D eigenvalue weighted by atomic mass is 35.5. The van der Waals surface area contributed by atoms with Crippen LogP contribution in [0.15, 0.2) is 42.7 Å². The van der Waals surface area contributed by atoms with E-state index in [0.717, 1.165) is 23.3 Å². The Morgan fingerprint density at radius 1 is 1.10 bits per heavy atom. The quantitative estimate of drug-likeness (QED) is 0.714. The lowest BCUT2D eigenvalue weighted by Crippen LogP contribution is -2.07. The number of halogens is 1. The Labute approximate surface area is 129 Å². The van der Waals surface area contributed by atoms with E-state index in [9.17, 15) is 0 Å². The van der Waals surface area contributed by atoms with Crippen LogP contribution in [0.3, 0.4) is 0 Å². The first-order valence-electron chi connectivity index (χ1n) is 6.94. The normalized spacial score (nSPS) is 11.0. The molecule has 3 nitrogen and oxygen atoms in total. The van der Waals surface area contributed by atoms with Crippen molar-refractivity contribution in [1.82, 2.24) is 9.55 Å². The van der Waals surface area contributed by atoms with Crippen molar-refractivity contribution in [2.24, 2.45) is 0 Å². The van der Waals surface area contributed by atoms with Crippen molar-refractivity contribution < 1.29 is 4.74 Å². The molecule has 0 spiro atoms. The Balaban J connectivity index is 1.70. The van der Waals surface area contributed by atoms with Gasteiger partial charge in [-0.2, -0.15) is 0 Å². The number of fused-ring (bicyclic) bond motifs is 1. The van der Waals surface area contributed by atoms with E-state index in [0.29, 0.717) is 11.6 Å². The van der Waals surface area contributed by atoms with Gasteiger partial charge in [-0.3, -0.25) is 0 Å². The highest BCUT2D eigenvalue weighted by Crippen LogP contribution is 2.19. The molecule has 0 aliphatic carbocycles. The lowest BCUT2D eigenvalue weighted by molar-refractivity contribution is 0.300. The molecule has 0 saturated carbocycles. The van der Waals surface area contributed by atoms with E-state index in [1.165, 1.54) is 11.1 Å². The predicted molar refractivity (Wildman–Crippen MR) is 86.2 cm³/mol. The molecule has 0 fully saturated rings. The van der Waals surface area contributed by atoms with Gasteiger partial charge in [0.05, 0.1) is 23.9 Å². The molecule has 0 radical (unpaired) electrons. The summed E-state index contributed by atoms with van der Waals surface area (Å²) >= 11 is 5.85. The average Bonchev–Trinajstić information content (AvgIpc) is 2.84. The Kier molecular flexibility index (Phi) is 3.84. The van der Waals surface area contributed by atoms with Crippen LogP contribution in [0.1, 0.15) is 11.1 Å². The maximum Gasteiger partial charge on any atom is 0.119 e. The Morgan fingerprint density at radius 3 is 2.57 bits per heavy atom. The van der Waals surface area contributed by atoms with E-state index < -0.39 is 0 Å². The van der Waals surface area contributed by atoms with E-state index in [1.807, 2.05) is 30.6 Å². The number of aryl methyl sites for hydroxylation is 2. The third-order valence-electron chi connectivity index (χ3n) is 3.65. The molecule has 2 aromatic carbocycles. The van der Waals surface area contributed by atoms with E-state index in [1.54, 1.807) is 0 Å². The highest BCUT2D eigenvalue weighted by molar-refractivity contribution is 6.30. The molecule has 4 heteroatoms. The van der Waals surface area contributed by atoms with Crippen LogP contribution in [-0.2, 0) is 6.54 Å². The topological polar surface area (TPSA) is 27.1 Å². The van der Waals surface area contributed by atoms with Crippen molar-refractivity contribution in [3.63, 3.8) is 0 Å². The third kappa shape index (κ3) is 3.03. The standard InChI is InChI=1S/C17H17ClN2O/c1-12-9-16-17(10-13(12)2)20(11-19-16)7-8-21-15-5-3-14(18)4-6-15/h3-6,9-11H,7-8H2,1-2H3. The average molecular weight is 301 g/mol. The molecular weight excluding hydrogens is 284 g/mol. The summed E-state index contributed by atoms with van der Waals surface area (Å²) in [5, 5.41) is 0.716. The molecule has 0 bridgehead atoms. The molecule has 1 heterocycles. The van der Waals surface area contributed by atoms with Gasteiger partial charge < -0.3 is 9.30 Å². The molecule has 0 atom stereocenters. The highest BCUT2D eigenvalue weighted by Gasteiger charge is 2.05. The van der Waals surface area contributed by atoms with E-state index >= 15 is 0 Å². The number of aromatic nitrogens is 2. The van der Waals surface area contributed by atoms with Crippen LogP contribution in [0.5, 0.6) is 5.75 Å². The van der Waals surface area contributed by atoms with Crippen LogP contribution in [0.2, 0.25) is 5.02 Å². The molecule has 21 heavy (non-hydrogen) atoms. The number of hydrogen-bond acceptors (Lipinski definition) is 2. The second-order valence-electron chi connectivity index (χ2n) is 5.17. The van der Waals surface area contributed by atoms with Gasteiger partial charge >= 0.3 is 0 Å². The predicted octanol–water partition coefficient (Wildman–Crippen LogP) is 4.39. The minimum Gasteiger partial charge on any atom is -0.492 e. The van der Waals surface area contributed by atoms with Crippen LogP contribution in [0.4, 0.5) is 0 Å². The van der Waals surface area contributed by atoms with Crippen LogP contribution in [-0.4, -0.2) is 16.2 Å². The fourth-order valence-electron chi connectivity index (χ4n) is 2.28. The van der Waals surface area contributed by atoms with Crippen molar-refractivity contribution in [2.45, 2.75) is 20.4 Å². The zero-order chi connectivity index (χ0) is 14.8. The first-order chi connectivity index (χ1) is 10.1. The van der Waals surface area contributed by atoms with Gasteiger partial charge in [-0.25, -0.2) is 4.98 Å². The van der Waals surface area contributed by atoms with Gasteiger partial charge in [-0.15, -0.1) is 0 Å². The summed E-state index contributed by atoms with van der Waals surface area (Å²) in [6, 6.07) is 11.7. The van der Waals surface area contributed by atoms with Crippen LogP contribution in [0.25, 0.3) is 11.0 Å². The number of benzene rings is 2. The molecule has 0 unspecified atom stereocenters. The molecule has 0 amide bonds. The zero-order valence-electron chi connectivity index (χ0n) is 12.1. The maximum atomic E-state index is 5.85. The lowest BCUT2D eigenvalue weighted by atomic mass is 10.1. The first-order valence-corrected chi connectivity index (χ1v) is 7.32. The summed E-state index contributed by atoms with van der Waals surface area (Å²) in [5.41, 5.74) is 4.73. The second kappa shape index (κ2) is 5.78. The molecule has 0 saturated heterocycles. The minimum absolute atomic E-state index is 0.597. The smallest absolute Gasteiger partial charge is 0.119 e. The van der Waals surface area contributed by atoms with Gasteiger partial charge in [-0.1, -0.05) is 11.6 Å². The van der Waals surface area contributed by atoms with E-state index in [-0.39, 0.29) is 0 Å². The second-order valence-corrected chi connectivity index (χ2v) is 5.60. The molecule has 0 aliphatic heterocycles. The SMILES string of the molecule is Cc1cc2ncn(CCOc3ccc(Cl)cc3)c2cc1C. The molecule has 108 valence electrons. The van der Waals surface area contributed by atoms with E-state index in [4.69, 9.17) is 16.3 Å². The molecule has 0 aliphatic rings. The fraction of sp³-hybridized carbons (Fsp3) is 0.235. The number of hydrogen-bond donors (Lipinski definition) is 0. The van der Waals surface area contributed by atoms with Crippen LogP contribution < -0.4 is 4.74 Å². The monoisotopic (exact) mass is 300 g/mol. The zero-order valence-corrected chi connectivity index (χ0v) is 12.9. The largest absolute Gasteiger partial charge is 0.492 e. The fourth-order valence-corrected chi connectivity index (χ4v) is 2.41. The molecule has 3 rings (SSSR count). The van der Waals surface area contributed by atoms with Crippen molar-refractivity contribution in [1.29, 1.82) is 0 Å². The summed E-state index contributed by atoms with van der Waals surface area (Å²) in [5.74, 6) is 0.829. The molecule has 1 aromatic heterocycles. The summed E-state index contributed by atoms with van der Waals surface area (Å²) in [4.78, 5) is 4.45. The van der Waals surface area contributed by atoms with Gasteiger partial charge in [0.1, 0.15) is 12.4 Å². The summed E-state index contributed by atoms with van der Waals surface area (Å²) < 4.78 is 7.85. The van der Waals surface area contributed by atoms with Crippen molar-refractivity contribution in [2.75, 3.05) is 6.61 Å².